The normalized spacial score (nSPS) is 20.9. The van der Waals surface area contributed by atoms with Crippen molar-refractivity contribution in [3.05, 3.63) is 11.6 Å². The predicted molar refractivity (Wildman–Crippen MR) is 61.9 cm³/mol. The Morgan fingerprint density at radius 2 is 2.40 bits per heavy atom. The average Bonchev–Trinajstić information content (AvgIpc) is 2.28. The minimum Gasteiger partial charge on any atom is -0.394 e. The van der Waals surface area contributed by atoms with Crippen LogP contribution in [0.1, 0.15) is 33.1 Å². The molecule has 1 aliphatic heterocycles. The zero-order chi connectivity index (χ0) is 11.1. The first-order valence-electron chi connectivity index (χ1n) is 5.82. The molecule has 0 aromatic rings. The Morgan fingerprint density at radius 3 is 2.93 bits per heavy atom. The lowest BCUT2D eigenvalue weighted by atomic mass is 9.97. The molecule has 0 radical (unpaired) electrons. The monoisotopic (exact) mass is 213 g/mol. The molecule has 1 aliphatic rings. The Hall–Kier alpha value is -0.380. The molecule has 1 heterocycles. The van der Waals surface area contributed by atoms with Crippen molar-refractivity contribution in [2.24, 2.45) is 0 Å². The molecule has 1 unspecified atom stereocenters. The molecule has 2 N–H and O–H groups in total. The summed E-state index contributed by atoms with van der Waals surface area (Å²) in [5.41, 5.74) is 1.16. The van der Waals surface area contributed by atoms with Crippen molar-refractivity contribution in [3.8, 4) is 0 Å². The summed E-state index contributed by atoms with van der Waals surface area (Å²) in [6.45, 7) is 6.81. The van der Waals surface area contributed by atoms with E-state index < -0.39 is 0 Å². The van der Waals surface area contributed by atoms with Crippen molar-refractivity contribution in [2.45, 2.75) is 38.6 Å². The van der Waals surface area contributed by atoms with Crippen LogP contribution in [0.5, 0.6) is 0 Å². The van der Waals surface area contributed by atoms with Gasteiger partial charge in [-0.2, -0.15) is 0 Å². The van der Waals surface area contributed by atoms with Crippen LogP contribution in [0.15, 0.2) is 11.6 Å². The van der Waals surface area contributed by atoms with Crippen molar-refractivity contribution >= 4 is 0 Å². The fraction of sp³-hybridized carbons (Fsp3) is 0.833. The van der Waals surface area contributed by atoms with Gasteiger partial charge in [-0.25, -0.2) is 0 Å². The molecule has 3 nitrogen and oxygen atoms in total. The number of aliphatic hydroxyl groups excluding tert-OH is 1. The van der Waals surface area contributed by atoms with E-state index >= 15 is 0 Å². The fourth-order valence-corrected chi connectivity index (χ4v) is 1.83. The van der Waals surface area contributed by atoms with Crippen LogP contribution in [0.2, 0.25) is 0 Å². The molecule has 0 spiro atoms. The molecule has 88 valence electrons. The van der Waals surface area contributed by atoms with Gasteiger partial charge in [0.1, 0.15) is 0 Å². The maximum atomic E-state index is 9.33. The van der Waals surface area contributed by atoms with Gasteiger partial charge in [-0.1, -0.05) is 19.4 Å². The molecule has 0 aromatic carbocycles. The van der Waals surface area contributed by atoms with Gasteiger partial charge in [-0.3, -0.25) is 0 Å². The van der Waals surface area contributed by atoms with Crippen LogP contribution in [-0.4, -0.2) is 37.0 Å². The molecule has 0 bridgehead atoms. The molecule has 3 heteroatoms. The lowest BCUT2D eigenvalue weighted by molar-refractivity contribution is 0.140. The predicted octanol–water partition coefficient (Wildman–Crippen LogP) is 1.47. The second-order valence-corrected chi connectivity index (χ2v) is 4.53. The van der Waals surface area contributed by atoms with Crippen molar-refractivity contribution in [3.63, 3.8) is 0 Å². The Labute approximate surface area is 92.5 Å². The first kappa shape index (κ1) is 12.7. The number of nitrogens with one attached hydrogen (secondary N) is 1. The minimum atomic E-state index is -0.146. The van der Waals surface area contributed by atoms with Crippen LogP contribution in [0.25, 0.3) is 0 Å². The van der Waals surface area contributed by atoms with Crippen molar-refractivity contribution in [1.82, 2.24) is 5.32 Å². The van der Waals surface area contributed by atoms with E-state index in [0.717, 1.165) is 39.0 Å². The first-order chi connectivity index (χ1) is 7.20. The summed E-state index contributed by atoms with van der Waals surface area (Å²) in [7, 11) is 0. The summed E-state index contributed by atoms with van der Waals surface area (Å²) < 4.78 is 5.37. The number of rotatable bonds is 6. The lowest BCUT2D eigenvalue weighted by Crippen LogP contribution is -2.46. The molecule has 0 aliphatic carbocycles. The Kier molecular flexibility index (Phi) is 5.29. The molecule has 15 heavy (non-hydrogen) atoms. The first-order valence-corrected chi connectivity index (χ1v) is 5.82. The standard InChI is InChI=1S/C12H23NO2/c1-3-6-12(2,10-14)13-8-11-5-4-7-15-9-11/h5,13-14H,3-4,6-10H2,1-2H3. The molecule has 0 saturated carbocycles. The summed E-state index contributed by atoms with van der Waals surface area (Å²) in [6.07, 6.45) is 5.33. The van der Waals surface area contributed by atoms with Crippen LogP contribution < -0.4 is 5.32 Å². The third-order valence-corrected chi connectivity index (χ3v) is 2.88. The Morgan fingerprint density at radius 1 is 1.60 bits per heavy atom. The summed E-state index contributed by atoms with van der Waals surface area (Å²) in [5.74, 6) is 0. The van der Waals surface area contributed by atoms with Gasteiger partial charge in [0.15, 0.2) is 0 Å². The molecule has 0 saturated heterocycles. The number of hydrogen-bond donors (Lipinski definition) is 2. The van der Waals surface area contributed by atoms with E-state index in [-0.39, 0.29) is 12.1 Å². The van der Waals surface area contributed by atoms with Crippen LogP contribution in [0.3, 0.4) is 0 Å². The smallest absolute Gasteiger partial charge is 0.0689 e. The second kappa shape index (κ2) is 6.26. The topological polar surface area (TPSA) is 41.5 Å². The van der Waals surface area contributed by atoms with Crippen LogP contribution >= 0.6 is 0 Å². The number of hydrogen-bond acceptors (Lipinski definition) is 3. The van der Waals surface area contributed by atoms with E-state index in [0.29, 0.717) is 0 Å². The Bertz CT molecular complexity index is 216. The number of ether oxygens (including phenoxy) is 1. The van der Waals surface area contributed by atoms with Gasteiger partial charge in [0.2, 0.25) is 0 Å². The highest BCUT2D eigenvalue weighted by molar-refractivity contribution is 5.08. The molecular weight excluding hydrogens is 190 g/mol. The van der Waals surface area contributed by atoms with Gasteiger partial charge >= 0.3 is 0 Å². The van der Waals surface area contributed by atoms with Gasteiger partial charge < -0.3 is 15.2 Å². The van der Waals surface area contributed by atoms with Gasteiger partial charge in [-0.15, -0.1) is 0 Å². The van der Waals surface area contributed by atoms with Crippen LogP contribution in [0, 0.1) is 0 Å². The van der Waals surface area contributed by atoms with Gasteiger partial charge in [0, 0.05) is 12.1 Å². The molecule has 1 rings (SSSR count). The molecule has 1 atom stereocenters. The summed E-state index contributed by atoms with van der Waals surface area (Å²) in [4.78, 5) is 0. The van der Waals surface area contributed by atoms with Crippen LogP contribution in [-0.2, 0) is 4.74 Å². The maximum Gasteiger partial charge on any atom is 0.0689 e. The van der Waals surface area contributed by atoms with Crippen molar-refractivity contribution in [1.29, 1.82) is 0 Å². The SMILES string of the molecule is CCCC(C)(CO)NCC1=CCCOC1. The summed E-state index contributed by atoms with van der Waals surface area (Å²) >= 11 is 0. The maximum absolute atomic E-state index is 9.33. The molecule has 0 aromatic heterocycles. The molecule has 0 fully saturated rings. The summed E-state index contributed by atoms with van der Waals surface area (Å²) in [5, 5.41) is 12.8. The van der Waals surface area contributed by atoms with E-state index in [9.17, 15) is 5.11 Å². The zero-order valence-electron chi connectivity index (χ0n) is 9.88. The number of aliphatic hydroxyl groups is 1. The van der Waals surface area contributed by atoms with Gasteiger partial charge in [0.05, 0.1) is 19.8 Å². The van der Waals surface area contributed by atoms with E-state index in [1.165, 1.54) is 5.57 Å². The van der Waals surface area contributed by atoms with E-state index in [2.05, 4.69) is 25.2 Å². The molecular formula is C12H23NO2. The fourth-order valence-electron chi connectivity index (χ4n) is 1.83. The third-order valence-electron chi connectivity index (χ3n) is 2.88. The highest BCUT2D eigenvalue weighted by atomic mass is 16.5. The van der Waals surface area contributed by atoms with Gasteiger partial charge in [0.25, 0.3) is 0 Å². The van der Waals surface area contributed by atoms with Crippen LogP contribution in [0.4, 0.5) is 0 Å². The van der Waals surface area contributed by atoms with Crippen molar-refractivity contribution < 1.29 is 9.84 Å². The average molecular weight is 213 g/mol. The second-order valence-electron chi connectivity index (χ2n) is 4.53. The molecule has 0 amide bonds. The summed E-state index contributed by atoms with van der Waals surface area (Å²) in [6, 6.07) is 0. The highest BCUT2D eigenvalue weighted by Crippen LogP contribution is 2.13. The third kappa shape index (κ3) is 4.33. The quantitative estimate of drug-likeness (QED) is 0.657. The van der Waals surface area contributed by atoms with E-state index in [1.54, 1.807) is 0 Å². The largest absolute Gasteiger partial charge is 0.394 e. The van der Waals surface area contributed by atoms with E-state index in [4.69, 9.17) is 4.74 Å². The minimum absolute atomic E-state index is 0.146. The zero-order valence-corrected chi connectivity index (χ0v) is 9.88. The van der Waals surface area contributed by atoms with Gasteiger partial charge in [-0.05, 0) is 25.3 Å². The Balaban J connectivity index is 2.35. The highest BCUT2D eigenvalue weighted by Gasteiger charge is 2.21. The van der Waals surface area contributed by atoms with Crippen molar-refractivity contribution in [2.75, 3.05) is 26.4 Å². The lowest BCUT2D eigenvalue weighted by Gasteiger charge is -2.29. The van der Waals surface area contributed by atoms with E-state index in [1.807, 2.05) is 0 Å².